The zero-order valence-corrected chi connectivity index (χ0v) is 24.1. The van der Waals surface area contributed by atoms with Gasteiger partial charge in [-0.3, -0.25) is 23.7 Å². The zero-order valence-electron chi connectivity index (χ0n) is 22.4. The number of esters is 1. The van der Waals surface area contributed by atoms with Crippen molar-refractivity contribution in [3.63, 3.8) is 0 Å². The molecule has 0 radical (unpaired) electrons. The number of benzene rings is 2. The fourth-order valence-corrected chi connectivity index (χ4v) is 7.90. The maximum absolute atomic E-state index is 14.0. The van der Waals surface area contributed by atoms with Crippen molar-refractivity contribution in [2.24, 2.45) is 5.92 Å². The molecule has 0 bridgehead atoms. The summed E-state index contributed by atoms with van der Waals surface area (Å²) in [6.07, 6.45) is 0. The molecule has 0 spiro atoms. The van der Waals surface area contributed by atoms with E-state index in [1.807, 2.05) is 24.3 Å². The number of hydrogen-bond acceptors (Lipinski definition) is 8. The van der Waals surface area contributed by atoms with E-state index in [-0.39, 0.29) is 35.3 Å². The number of thiazole rings is 1. The van der Waals surface area contributed by atoms with E-state index in [9.17, 15) is 19.2 Å². The van der Waals surface area contributed by atoms with E-state index in [1.165, 1.54) is 21.2 Å². The summed E-state index contributed by atoms with van der Waals surface area (Å²) in [6.45, 7) is 8.03. The third kappa shape index (κ3) is 4.80. The molecule has 0 N–H and O–H groups in total. The van der Waals surface area contributed by atoms with Crippen molar-refractivity contribution < 1.29 is 23.9 Å². The quantitative estimate of drug-likeness (QED) is 0.319. The number of nitrogens with zero attached hydrogens (tertiary/aromatic N) is 2. The number of ether oxygens (including phenoxy) is 2. The SMILES string of the molecule is CCOC(=O)Cn1c2c(sc1=O)C(c1ccc(C(C)(C)C)cc1)C1C(=O)N(c3ccc(OC)cc3)C(=O)C1S2. The van der Waals surface area contributed by atoms with Crippen LogP contribution in [-0.2, 0) is 31.1 Å². The van der Waals surface area contributed by atoms with Gasteiger partial charge in [0.2, 0.25) is 11.8 Å². The van der Waals surface area contributed by atoms with E-state index < -0.39 is 23.1 Å². The molecule has 10 heteroatoms. The second kappa shape index (κ2) is 10.3. The molecule has 3 unspecified atom stereocenters. The summed E-state index contributed by atoms with van der Waals surface area (Å²) in [5, 5.41) is -0.205. The third-order valence-electron chi connectivity index (χ3n) is 7.11. The zero-order chi connectivity index (χ0) is 28.1. The predicted octanol–water partition coefficient (Wildman–Crippen LogP) is 4.57. The molecule has 0 aliphatic carbocycles. The first-order valence-corrected chi connectivity index (χ1v) is 14.4. The van der Waals surface area contributed by atoms with Crippen LogP contribution in [0.1, 0.15) is 49.6 Å². The predicted molar refractivity (Wildman–Crippen MR) is 151 cm³/mol. The highest BCUT2D eigenvalue weighted by Gasteiger charge is 2.56. The highest BCUT2D eigenvalue weighted by atomic mass is 32.2. The average Bonchev–Trinajstić information content (AvgIpc) is 3.34. The maximum atomic E-state index is 14.0. The fraction of sp³-hybridized carbons (Fsp3) is 0.379. The molecule has 5 rings (SSSR count). The Hall–Kier alpha value is -3.37. The second-order valence-electron chi connectivity index (χ2n) is 10.6. The molecular formula is C29H30N2O6S2. The Labute approximate surface area is 234 Å². The molecule has 2 aliphatic rings. The average molecular weight is 567 g/mol. The van der Waals surface area contributed by atoms with Crippen LogP contribution in [0.15, 0.2) is 58.4 Å². The lowest BCUT2D eigenvalue weighted by atomic mass is 9.81. The Morgan fingerprint density at radius 2 is 1.64 bits per heavy atom. The Morgan fingerprint density at radius 3 is 2.23 bits per heavy atom. The van der Waals surface area contributed by atoms with Gasteiger partial charge >= 0.3 is 10.8 Å². The summed E-state index contributed by atoms with van der Waals surface area (Å²) >= 11 is 2.21. The molecule has 1 saturated heterocycles. The molecule has 204 valence electrons. The second-order valence-corrected chi connectivity index (χ2v) is 12.7. The lowest BCUT2D eigenvalue weighted by Crippen LogP contribution is -2.32. The molecule has 2 aliphatic heterocycles. The van der Waals surface area contributed by atoms with Crippen LogP contribution in [0, 0.1) is 5.92 Å². The number of aromatic nitrogens is 1. The number of carbonyl (C=O) groups is 3. The largest absolute Gasteiger partial charge is 0.497 e. The van der Waals surface area contributed by atoms with Gasteiger partial charge < -0.3 is 9.47 Å². The molecule has 3 heterocycles. The number of rotatable bonds is 6. The van der Waals surface area contributed by atoms with Crippen molar-refractivity contribution in [2.75, 3.05) is 18.6 Å². The molecule has 1 fully saturated rings. The molecule has 1 aromatic heterocycles. The summed E-state index contributed by atoms with van der Waals surface area (Å²) in [7, 11) is 1.55. The van der Waals surface area contributed by atoms with E-state index in [1.54, 1.807) is 38.3 Å². The van der Waals surface area contributed by atoms with Crippen molar-refractivity contribution in [2.45, 2.75) is 55.8 Å². The summed E-state index contributed by atoms with van der Waals surface area (Å²) < 4.78 is 11.7. The Balaban J connectivity index is 1.63. The highest BCUT2D eigenvalue weighted by molar-refractivity contribution is 8.00. The van der Waals surface area contributed by atoms with Gasteiger partial charge in [0.15, 0.2) is 0 Å². The summed E-state index contributed by atoms with van der Waals surface area (Å²) in [5.41, 5.74) is 2.39. The van der Waals surface area contributed by atoms with Crippen LogP contribution in [0.5, 0.6) is 5.75 Å². The van der Waals surface area contributed by atoms with Crippen LogP contribution in [0.2, 0.25) is 0 Å². The van der Waals surface area contributed by atoms with Crippen LogP contribution < -0.4 is 14.5 Å². The van der Waals surface area contributed by atoms with E-state index in [2.05, 4.69) is 20.8 Å². The van der Waals surface area contributed by atoms with Gasteiger partial charge in [0.1, 0.15) is 17.5 Å². The monoisotopic (exact) mass is 566 g/mol. The molecular weight excluding hydrogens is 536 g/mol. The minimum absolute atomic E-state index is 0.0628. The number of thioether (sulfide) groups is 1. The van der Waals surface area contributed by atoms with Gasteiger partial charge in [0.25, 0.3) is 0 Å². The third-order valence-corrected chi connectivity index (χ3v) is 9.71. The summed E-state index contributed by atoms with van der Waals surface area (Å²) in [6, 6.07) is 14.8. The van der Waals surface area contributed by atoms with E-state index in [0.717, 1.165) is 22.5 Å². The van der Waals surface area contributed by atoms with Crippen LogP contribution in [0.3, 0.4) is 0 Å². The van der Waals surface area contributed by atoms with Crippen LogP contribution >= 0.6 is 23.1 Å². The van der Waals surface area contributed by atoms with Gasteiger partial charge in [-0.15, -0.1) is 0 Å². The molecule has 0 saturated carbocycles. The van der Waals surface area contributed by atoms with Crippen molar-refractivity contribution in [3.05, 3.63) is 74.2 Å². The molecule has 8 nitrogen and oxygen atoms in total. The number of carbonyl (C=O) groups excluding carboxylic acids is 3. The lowest BCUT2D eigenvalue weighted by molar-refractivity contribution is -0.144. The van der Waals surface area contributed by atoms with Crippen molar-refractivity contribution >= 4 is 46.6 Å². The summed E-state index contributed by atoms with van der Waals surface area (Å²) in [4.78, 5) is 54.8. The van der Waals surface area contributed by atoms with Gasteiger partial charge in [0, 0.05) is 10.8 Å². The fourth-order valence-electron chi connectivity index (χ4n) is 5.13. The Kier molecular flexibility index (Phi) is 7.19. The molecule has 2 aromatic carbocycles. The van der Waals surface area contributed by atoms with E-state index >= 15 is 0 Å². The van der Waals surface area contributed by atoms with Crippen LogP contribution in [-0.4, -0.2) is 41.3 Å². The molecule has 3 aromatic rings. The highest BCUT2D eigenvalue weighted by Crippen LogP contribution is 2.54. The van der Waals surface area contributed by atoms with Gasteiger partial charge in [-0.1, -0.05) is 68.1 Å². The molecule has 3 atom stereocenters. The number of fused-ring (bicyclic) bond motifs is 2. The smallest absolute Gasteiger partial charge is 0.326 e. The van der Waals surface area contributed by atoms with E-state index in [4.69, 9.17) is 9.47 Å². The first-order valence-electron chi connectivity index (χ1n) is 12.7. The van der Waals surface area contributed by atoms with Gasteiger partial charge in [-0.25, -0.2) is 4.90 Å². The first kappa shape index (κ1) is 27.2. The Bertz CT molecular complexity index is 1480. The number of imide groups is 1. The van der Waals surface area contributed by atoms with Gasteiger partial charge in [-0.05, 0) is 47.7 Å². The standard InChI is InChI=1S/C29H30N2O6S2/c1-6-37-20(32)15-30-27-24(39-28(30)35)21(16-7-9-17(10-8-16)29(2,3)4)22-23(38-27)26(34)31(25(22)33)18-11-13-19(36-5)14-12-18/h7-14,21-23H,6,15H2,1-5H3. The van der Waals surface area contributed by atoms with Crippen LogP contribution in [0.25, 0.3) is 0 Å². The molecule has 39 heavy (non-hydrogen) atoms. The lowest BCUT2D eigenvalue weighted by Gasteiger charge is -2.31. The number of hydrogen-bond donors (Lipinski definition) is 0. The minimum atomic E-state index is -0.748. The minimum Gasteiger partial charge on any atom is -0.497 e. The number of amides is 2. The Morgan fingerprint density at radius 1 is 0.974 bits per heavy atom. The maximum Gasteiger partial charge on any atom is 0.326 e. The first-order chi connectivity index (χ1) is 18.5. The normalized spacial score (nSPS) is 20.5. The number of methoxy groups -OCH3 is 1. The van der Waals surface area contributed by atoms with Crippen molar-refractivity contribution in [3.8, 4) is 5.75 Å². The van der Waals surface area contributed by atoms with Gasteiger partial charge in [0.05, 0.1) is 30.3 Å². The van der Waals surface area contributed by atoms with Crippen LogP contribution in [0.4, 0.5) is 5.69 Å². The molecule has 2 amide bonds. The van der Waals surface area contributed by atoms with Crippen molar-refractivity contribution in [1.82, 2.24) is 4.57 Å². The van der Waals surface area contributed by atoms with Gasteiger partial charge in [-0.2, -0.15) is 0 Å². The van der Waals surface area contributed by atoms with E-state index in [0.29, 0.717) is 21.3 Å². The topological polar surface area (TPSA) is 94.9 Å². The summed E-state index contributed by atoms with van der Waals surface area (Å²) in [5.74, 6) is -1.78. The number of anilines is 1. The van der Waals surface area contributed by atoms with Crippen molar-refractivity contribution in [1.29, 1.82) is 0 Å².